The Morgan fingerprint density at radius 1 is 1.08 bits per heavy atom. The number of aromatic nitrogens is 4. The average Bonchev–Trinajstić information content (AvgIpc) is 3.21. The Labute approximate surface area is 149 Å². The lowest BCUT2D eigenvalue weighted by molar-refractivity contribution is 0.100. The van der Waals surface area contributed by atoms with Crippen LogP contribution in [-0.4, -0.2) is 25.4 Å². The number of benzene rings is 2. The number of nitrogens with zero attached hydrogens (tertiary/aromatic N) is 4. The molecule has 5 rings (SSSR count). The molecule has 0 unspecified atom stereocenters. The highest BCUT2D eigenvalue weighted by atomic mass is 79.9. The molecule has 25 heavy (non-hydrogen) atoms. The van der Waals surface area contributed by atoms with Gasteiger partial charge < -0.3 is 4.42 Å². The second-order valence-electron chi connectivity index (χ2n) is 5.61. The van der Waals surface area contributed by atoms with Gasteiger partial charge in [0.15, 0.2) is 11.5 Å². The van der Waals surface area contributed by atoms with Gasteiger partial charge in [0, 0.05) is 16.1 Å². The highest BCUT2D eigenvalue weighted by Crippen LogP contribution is 2.24. The maximum atomic E-state index is 12.8. The molecule has 7 heteroatoms. The highest BCUT2D eigenvalue weighted by molar-refractivity contribution is 9.10. The molecule has 3 heterocycles. The van der Waals surface area contributed by atoms with Crippen LogP contribution in [0, 0.1) is 0 Å². The zero-order chi connectivity index (χ0) is 17.0. The second-order valence-corrected chi connectivity index (χ2v) is 6.52. The molecule has 0 atom stereocenters. The molecule has 0 aliphatic rings. The van der Waals surface area contributed by atoms with Gasteiger partial charge in [-0.2, -0.15) is 0 Å². The Kier molecular flexibility index (Phi) is 2.98. The summed E-state index contributed by atoms with van der Waals surface area (Å²) >= 11 is 3.41. The van der Waals surface area contributed by atoms with Crippen LogP contribution < -0.4 is 0 Å². The van der Waals surface area contributed by atoms with E-state index in [9.17, 15) is 4.79 Å². The van der Waals surface area contributed by atoms with Crippen molar-refractivity contribution in [2.45, 2.75) is 0 Å². The summed E-state index contributed by atoms with van der Waals surface area (Å²) in [5.41, 5.74) is 2.52. The molecule has 0 fully saturated rings. The van der Waals surface area contributed by atoms with Crippen molar-refractivity contribution in [3.05, 3.63) is 70.7 Å². The normalized spacial score (nSPS) is 11.6. The molecule has 120 valence electrons. The predicted octanol–water partition coefficient (Wildman–Crippen LogP) is 4.02. The molecule has 0 spiro atoms. The first kappa shape index (κ1) is 14.3. The summed E-state index contributed by atoms with van der Waals surface area (Å²) < 4.78 is 8.34. The van der Waals surface area contributed by atoms with E-state index in [0.29, 0.717) is 11.4 Å². The van der Waals surface area contributed by atoms with Crippen molar-refractivity contribution in [1.82, 2.24) is 19.6 Å². The number of halogens is 1. The lowest BCUT2D eigenvalue weighted by atomic mass is 10.2. The zero-order valence-corrected chi connectivity index (χ0v) is 14.3. The van der Waals surface area contributed by atoms with Crippen molar-refractivity contribution in [3.8, 4) is 0 Å². The van der Waals surface area contributed by atoms with Crippen molar-refractivity contribution in [1.29, 1.82) is 0 Å². The first-order chi connectivity index (χ1) is 12.2. The van der Waals surface area contributed by atoms with Gasteiger partial charge in [-0.15, -0.1) is 10.2 Å². The third-order valence-electron chi connectivity index (χ3n) is 4.01. The van der Waals surface area contributed by atoms with Crippen LogP contribution >= 0.6 is 15.9 Å². The highest BCUT2D eigenvalue weighted by Gasteiger charge is 2.18. The lowest BCUT2D eigenvalue weighted by Gasteiger charge is -1.98. The molecule has 0 aliphatic heterocycles. The molecule has 5 aromatic rings. The summed E-state index contributed by atoms with van der Waals surface area (Å²) in [5, 5.41) is 8.93. The van der Waals surface area contributed by atoms with Crippen LogP contribution in [0.5, 0.6) is 0 Å². The molecule has 0 amide bonds. The third-order valence-corrected chi connectivity index (χ3v) is 4.50. The molecular weight excluding hydrogens is 384 g/mol. The minimum absolute atomic E-state index is 0.203. The van der Waals surface area contributed by atoms with Crippen LogP contribution in [0.1, 0.15) is 16.2 Å². The summed E-state index contributed by atoms with van der Waals surface area (Å²) in [7, 11) is 0. The van der Waals surface area contributed by atoms with Gasteiger partial charge in [0.2, 0.25) is 5.78 Å². The molecule has 6 nitrogen and oxygen atoms in total. The smallest absolute Gasteiger partial charge is 0.254 e. The summed E-state index contributed by atoms with van der Waals surface area (Å²) in [4.78, 5) is 17.1. The second kappa shape index (κ2) is 5.22. The minimum Gasteiger partial charge on any atom is -0.453 e. The largest absolute Gasteiger partial charge is 0.453 e. The van der Waals surface area contributed by atoms with Gasteiger partial charge >= 0.3 is 0 Å². The van der Waals surface area contributed by atoms with Crippen LogP contribution in [0.2, 0.25) is 0 Å². The zero-order valence-electron chi connectivity index (χ0n) is 12.7. The van der Waals surface area contributed by atoms with E-state index in [4.69, 9.17) is 4.42 Å². The van der Waals surface area contributed by atoms with Crippen LogP contribution in [0.25, 0.3) is 27.8 Å². The number of para-hydroxylation sites is 2. The Balaban J connectivity index is 1.65. The number of rotatable bonds is 2. The first-order valence-electron chi connectivity index (χ1n) is 7.53. The van der Waals surface area contributed by atoms with Gasteiger partial charge in [0.25, 0.3) is 5.78 Å². The number of imidazole rings is 1. The molecule has 0 radical (unpaired) electrons. The minimum atomic E-state index is -0.320. The lowest BCUT2D eigenvalue weighted by Crippen LogP contribution is -2.07. The SMILES string of the molecule is O=C(c1cn2c(nn1)nc1ccccc12)c1cc2cc(Br)ccc2o1. The Hall–Kier alpha value is -3.06. The number of ketones is 1. The fourth-order valence-corrected chi connectivity index (χ4v) is 3.21. The van der Waals surface area contributed by atoms with E-state index in [2.05, 4.69) is 31.1 Å². The summed E-state index contributed by atoms with van der Waals surface area (Å²) in [6.45, 7) is 0. The van der Waals surface area contributed by atoms with Crippen molar-refractivity contribution >= 4 is 49.5 Å². The van der Waals surface area contributed by atoms with Crippen molar-refractivity contribution in [2.24, 2.45) is 0 Å². The first-order valence-corrected chi connectivity index (χ1v) is 8.33. The monoisotopic (exact) mass is 392 g/mol. The third kappa shape index (κ3) is 2.24. The maximum absolute atomic E-state index is 12.8. The fraction of sp³-hybridized carbons (Fsp3) is 0. The van der Waals surface area contributed by atoms with Gasteiger partial charge in [-0.25, -0.2) is 4.98 Å². The average molecular weight is 393 g/mol. The van der Waals surface area contributed by atoms with Crippen LogP contribution in [0.4, 0.5) is 0 Å². The molecule has 0 N–H and O–H groups in total. The Bertz CT molecular complexity index is 1290. The van der Waals surface area contributed by atoms with Gasteiger partial charge in [-0.05, 0) is 36.4 Å². The standard InChI is InChI=1S/C18H9BrN4O2/c19-11-5-6-15-10(7-11)8-16(25-15)17(24)13-9-23-14-4-2-1-3-12(14)20-18(23)22-21-13/h1-9H. The van der Waals surface area contributed by atoms with E-state index in [0.717, 1.165) is 20.9 Å². The number of hydrogen-bond donors (Lipinski definition) is 0. The summed E-state index contributed by atoms with van der Waals surface area (Å²) in [6, 6.07) is 14.9. The van der Waals surface area contributed by atoms with Crippen molar-refractivity contribution in [2.75, 3.05) is 0 Å². The Morgan fingerprint density at radius 3 is 2.88 bits per heavy atom. The molecule has 3 aromatic heterocycles. The number of fused-ring (bicyclic) bond motifs is 4. The number of furan rings is 1. The molecule has 2 aromatic carbocycles. The summed E-state index contributed by atoms with van der Waals surface area (Å²) in [5.74, 6) is 0.358. The molecule has 0 bridgehead atoms. The van der Waals surface area contributed by atoms with E-state index in [1.54, 1.807) is 16.7 Å². The molecular formula is C18H9BrN4O2. The molecule has 0 aliphatic carbocycles. The predicted molar refractivity (Wildman–Crippen MR) is 95.6 cm³/mol. The molecule has 0 saturated carbocycles. The van der Waals surface area contributed by atoms with Crippen LogP contribution in [-0.2, 0) is 0 Å². The maximum Gasteiger partial charge on any atom is 0.254 e. The van der Waals surface area contributed by atoms with E-state index < -0.39 is 0 Å². The van der Waals surface area contributed by atoms with Crippen LogP contribution in [0.3, 0.4) is 0 Å². The van der Waals surface area contributed by atoms with Crippen molar-refractivity contribution < 1.29 is 9.21 Å². The van der Waals surface area contributed by atoms with Gasteiger partial charge in [0.1, 0.15) is 5.58 Å². The number of carbonyl (C=O) groups excluding carboxylic acids is 1. The van der Waals surface area contributed by atoms with E-state index in [-0.39, 0.29) is 17.2 Å². The quantitative estimate of drug-likeness (QED) is 0.424. The van der Waals surface area contributed by atoms with E-state index >= 15 is 0 Å². The van der Waals surface area contributed by atoms with Gasteiger partial charge in [-0.3, -0.25) is 9.20 Å². The van der Waals surface area contributed by atoms with E-state index in [1.165, 1.54) is 0 Å². The van der Waals surface area contributed by atoms with Crippen LogP contribution in [0.15, 0.2) is 63.6 Å². The number of hydrogen-bond acceptors (Lipinski definition) is 5. The number of carbonyl (C=O) groups is 1. The Morgan fingerprint density at radius 2 is 1.96 bits per heavy atom. The van der Waals surface area contributed by atoms with Gasteiger partial charge in [0.05, 0.1) is 11.0 Å². The topological polar surface area (TPSA) is 73.3 Å². The van der Waals surface area contributed by atoms with Crippen molar-refractivity contribution in [3.63, 3.8) is 0 Å². The van der Waals surface area contributed by atoms with E-state index in [1.807, 2.05) is 42.5 Å². The van der Waals surface area contributed by atoms with Gasteiger partial charge in [-0.1, -0.05) is 28.1 Å². The summed E-state index contributed by atoms with van der Waals surface area (Å²) in [6.07, 6.45) is 1.64. The fourth-order valence-electron chi connectivity index (χ4n) is 2.83. The molecule has 0 saturated heterocycles.